The molecule has 9 heteroatoms. The van der Waals surface area contributed by atoms with E-state index in [4.69, 9.17) is 23.2 Å². The third-order valence-corrected chi connectivity index (χ3v) is 4.25. The van der Waals surface area contributed by atoms with Crippen LogP contribution in [-0.2, 0) is 4.79 Å². The maximum atomic E-state index is 13.7. The Labute approximate surface area is 172 Å². The first-order valence-corrected chi connectivity index (χ1v) is 9.35. The molecule has 2 aromatic rings. The zero-order valence-electron chi connectivity index (χ0n) is 15.4. The van der Waals surface area contributed by atoms with Crippen LogP contribution >= 0.6 is 23.2 Å². The van der Waals surface area contributed by atoms with Gasteiger partial charge >= 0.3 is 6.03 Å². The van der Waals surface area contributed by atoms with Gasteiger partial charge in [-0.25, -0.2) is 9.18 Å². The number of hydrazine groups is 1. The number of hydrogen-bond acceptors (Lipinski definition) is 3. The van der Waals surface area contributed by atoms with Crippen LogP contribution in [0.2, 0.25) is 10.0 Å². The van der Waals surface area contributed by atoms with E-state index in [2.05, 4.69) is 21.5 Å². The van der Waals surface area contributed by atoms with Gasteiger partial charge in [-0.1, -0.05) is 49.2 Å². The minimum Gasteiger partial charge on any atom is -0.326 e. The van der Waals surface area contributed by atoms with Crippen LogP contribution in [0.25, 0.3) is 0 Å². The van der Waals surface area contributed by atoms with Crippen LogP contribution in [0.4, 0.5) is 20.6 Å². The Morgan fingerprint density at radius 3 is 2.43 bits per heavy atom. The van der Waals surface area contributed by atoms with Gasteiger partial charge in [0.05, 0.1) is 16.4 Å². The number of halogens is 3. The molecule has 6 nitrogen and oxygen atoms in total. The molecule has 1 atom stereocenters. The van der Waals surface area contributed by atoms with Gasteiger partial charge in [0.25, 0.3) is 5.91 Å². The molecule has 3 amide bonds. The molecule has 0 aliphatic carbocycles. The molecule has 4 N–H and O–H groups in total. The summed E-state index contributed by atoms with van der Waals surface area (Å²) < 4.78 is 13.7. The molecule has 0 aliphatic heterocycles. The molecule has 0 bridgehead atoms. The molecule has 1 unspecified atom stereocenters. The number of hydrogen-bond donors (Lipinski definition) is 4. The highest BCUT2D eigenvalue weighted by Gasteiger charge is 2.22. The predicted molar refractivity (Wildman–Crippen MR) is 110 cm³/mol. The minimum absolute atomic E-state index is 0.0229. The van der Waals surface area contributed by atoms with Gasteiger partial charge in [-0.15, -0.1) is 0 Å². The van der Waals surface area contributed by atoms with E-state index in [9.17, 15) is 14.0 Å². The van der Waals surface area contributed by atoms with Gasteiger partial charge in [0.2, 0.25) is 0 Å². The van der Waals surface area contributed by atoms with Crippen LogP contribution in [0, 0.1) is 11.7 Å². The van der Waals surface area contributed by atoms with Crippen LogP contribution in [0.3, 0.4) is 0 Å². The summed E-state index contributed by atoms with van der Waals surface area (Å²) in [6.45, 7) is 3.83. The van der Waals surface area contributed by atoms with E-state index in [1.807, 2.05) is 13.8 Å². The van der Waals surface area contributed by atoms with Crippen LogP contribution < -0.4 is 21.5 Å². The van der Waals surface area contributed by atoms with Gasteiger partial charge in [-0.05, 0) is 42.7 Å². The smallest absolute Gasteiger partial charge is 0.319 e. The van der Waals surface area contributed by atoms with Crippen molar-refractivity contribution in [3.8, 4) is 0 Å². The summed E-state index contributed by atoms with van der Waals surface area (Å²) in [6, 6.07) is 9.00. The largest absolute Gasteiger partial charge is 0.326 e. The van der Waals surface area contributed by atoms with Gasteiger partial charge in [-0.3, -0.25) is 15.6 Å². The molecule has 0 spiro atoms. The summed E-state index contributed by atoms with van der Waals surface area (Å²) in [7, 11) is 0. The maximum Gasteiger partial charge on any atom is 0.319 e. The zero-order valence-corrected chi connectivity index (χ0v) is 16.9. The molecule has 0 aliphatic rings. The highest BCUT2D eigenvalue weighted by molar-refractivity contribution is 6.36. The van der Waals surface area contributed by atoms with E-state index in [0.29, 0.717) is 22.2 Å². The Morgan fingerprint density at radius 2 is 1.79 bits per heavy atom. The standard InChI is InChI=1S/C19H21Cl2FN4O2/c1-11(2)9-17(24-19(28)23-16-6-4-3-5-14(16)22)18(27)26-25-15-8-7-12(20)10-13(15)21/h3-8,10-11,17,25H,9H2,1-2H3,(H,26,27)(H2,23,24,28). The lowest BCUT2D eigenvalue weighted by atomic mass is 10.0. The third-order valence-electron chi connectivity index (χ3n) is 3.70. The third kappa shape index (κ3) is 6.58. The average molecular weight is 427 g/mol. The van der Waals surface area contributed by atoms with E-state index in [1.54, 1.807) is 18.2 Å². The summed E-state index contributed by atoms with van der Waals surface area (Å²) in [5.74, 6) is -0.909. The molecule has 0 fully saturated rings. The summed E-state index contributed by atoms with van der Waals surface area (Å²) in [5, 5.41) is 5.75. The van der Waals surface area contributed by atoms with Gasteiger partial charge in [0.1, 0.15) is 11.9 Å². The molecule has 0 saturated heterocycles. The lowest BCUT2D eigenvalue weighted by Crippen LogP contribution is -2.50. The van der Waals surface area contributed by atoms with Crippen molar-refractivity contribution in [2.75, 3.05) is 10.7 Å². The molecular weight excluding hydrogens is 406 g/mol. The second-order valence-corrected chi connectivity index (χ2v) is 7.34. The fourth-order valence-corrected chi connectivity index (χ4v) is 2.84. The lowest BCUT2D eigenvalue weighted by Gasteiger charge is -2.21. The van der Waals surface area contributed by atoms with Crippen molar-refractivity contribution in [1.82, 2.24) is 10.7 Å². The number of rotatable bonds is 7. The summed E-state index contributed by atoms with van der Waals surface area (Å²) in [5.41, 5.74) is 5.70. The molecule has 0 radical (unpaired) electrons. The number of anilines is 2. The Morgan fingerprint density at radius 1 is 1.07 bits per heavy atom. The summed E-state index contributed by atoms with van der Waals surface area (Å²) in [4.78, 5) is 24.7. The van der Waals surface area contributed by atoms with E-state index < -0.39 is 23.8 Å². The first-order valence-electron chi connectivity index (χ1n) is 8.59. The van der Waals surface area contributed by atoms with Crippen molar-refractivity contribution >= 4 is 46.5 Å². The second kappa shape index (κ2) is 10.1. The molecular formula is C19H21Cl2FN4O2. The lowest BCUT2D eigenvalue weighted by molar-refractivity contribution is -0.122. The van der Waals surface area contributed by atoms with Crippen molar-refractivity contribution in [3.63, 3.8) is 0 Å². The van der Waals surface area contributed by atoms with E-state index in [0.717, 1.165) is 0 Å². The summed E-state index contributed by atoms with van der Waals surface area (Å²) >= 11 is 11.9. The zero-order chi connectivity index (χ0) is 20.7. The predicted octanol–water partition coefficient (Wildman–Crippen LogP) is 4.81. The second-order valence-electron chi connectivity index (χ2n) is 6.50. The number of benzene rings is 2. The first-order chi connectivity index (χ1) is 13.3. The van der Waals surface area contributed by atoms with Gasteiger partial charge in [0, 0.05) is 5.02 Å². The monoisotopic (exact) mass is 426 g/mol. The highest BCUT2D eigenvalue weighted by atomic mass is 35.5. The summed E-state index contributed by atoms with van der Waals surface area (Å²) in [6.07, 6.45) is 0.382. The van der Waals surface area contributed by atoms with Crippen molar-refractivity contribution in [1.29, 1.82) is 0 Å². The number of urea groups is 1. The van der Waals surface area contributed by atoms with Crippen molar-refractivity contribution in [2.24, 2.45) is 5.92 Å². The van der Waals surface area contributed by atoms with Crippen molar-refractivity contribution < 1.29 is 14.0 Å². The molecule has 2 aromatic carbocycles. The Kier molecular flexibility index (Phi) is 7.90. The number of carbonyl (C=O) groups excluding carboxylic acids is 2. The minimum atomic E-state index is -0.842. The van der Waals surface area contributed by atoms with Crippen molar-refractivity contribution in [3.05, 3.63) is 58.3 Å². The number of nitrogens with one attached hydrogen (secondary N) is 4. The fourth-order valence-electron chi connectivity index (χ4n) is 2.39. The quantitative estimate of drug-likeness (QED) is 0.479. The van der Waals surface area contributed by atoms with Crippen LogP contribution in [-0.4, -0.2) is 18.0 Å². The maximum absolute atomic E-state index is 13.7. The Balaban J connectivity index is 2.00. The average Bonchev–Trinajstić information content (AvgIpc) is 2.61. The van der Waals surface area contributed by atoms with E-state index in [1.165, 1.54) is 24.3 Å². The molecule has 150 valence electrons. The highest BCUT2D eigenvalue weighted by Crippen LogP contribution is 2.24. The SMILES string of the molecule is CC(C)CC(NC(=O)Nc1ccccc1F)C(=O)NNc1ccc(Cl)cc1Cl. The number of carbonyl (C=O) groups is 2. The molecule has 0 saturated carbocycles. The Bertz CT molecular complexity index is 848. The fraction of sp³-hybridized carbons (Fsp3) is 0.263. The van der Waals surface area contributed by atoms with E-state index >= 15 is 0 Å². The van der Waals surface area contributed by atoms with Crippen LogP contribution in [0.15, 0.2) is 42.5 Å². The van der Waals surface area contributed by atoms with Gasteiger partial charge in [0.15, 0.2) is 0 Å². The van der Waals surface area contributed by atoms with Crippen molar-refractivity contribution in [2.45, 2.75) is 26.3 Å². The normalized spacial score (nSPS) is 11.6. The molecule has 2 rings (SSSR count). The van der Waals surface area contributed by atoms with Gasteiger partial charge < -0.3 is 10.6 Å². The molecule has 0 heterocycles. The topological polar surface area (TPSA) is 82.3 Å². The van der Waals surface area contributed by atoms with E-state index in [-0.39, 0.29) is 11.6 Å². The molecule has 0 aromatic heterocycles. The Hall–Kier alpha value is -2.51. The van der Waals surface area contributed by atoms with Crippen LogP contribution in [0.5, 0.6) is 0 Å². The first kappa shape index (κ1) is 21.8. The molecule has 28 heavy (non-hydrogen) atoms. The van der Waals surface area contributed by atoms with Crippen LogP contribution in [0.1, 0.15) is 20.3 Å². The van der Waals surface area contributed by atoms with Gasteiger partial charge in [-0.2, -0.15) is 0 Å². The number of amides is 3. The number of para-hydroxylation sites is 1.